The van der Waals surface area contributed by atoms with Crippen molar-refractivity contribution in [2.75, 3.05) is 0 Å². The lowest BCUT2D eigenvalue weighted by Gasteiger charge is -2.11. The van der Waals surface area contributed by atoms with Gasteiger partial charge in [0.1, 0.15) is 35.2 Å². The molecule has 1 unspecified atom stereocenters. The highest BCUT2D eigenvalue weighted by Gasteiger charge is 2.23. The van der Waals surface area contributed by atoms with E-state index in [9.17, 15) is 0 Å². The van der Waals surface area contributed by atoms with Gasteiger partial charge in [-0.05, 0) is 192 Å². The number of hydrogen-bond acceptors (Lipinski definition) is 0. The van der Waals surface area contributed by atoms with Gasteiger partial charge in [-0.25, -0.2) is 22.8 Å². The van der Waals surface area contributed by atoms with Crippen LogP contribution in [-0.4, -0.2) is 0 Å². The predicted octanol–water partition coefficient (Wildman–Crippen LogP) is 18.1. The van der Waals surface area contributed by atoms with Gasteiger partial charge in [0.2, 0.25) is 28.5 Å². The molecule has 1 aliphatic rings. The molecule has 10 aromatic rings. The number of aryl methyl sites for hydroxylation is 17. The number of aromatic nitrogens is 5. The smallest absolute Gasteiger partial charge is 0.201 e. The lowest BCUT2D eigenvalue weighted by atomic mass is 9.95. The van der Waals surface area contributed by atoms with Crippen LogP contribution < -0.4 is 22.8 Å². The summed E-state index contributed by atoms with van der Waals surface area (Å²) in [5, 5.41) is 0. The summed E-state index contributed by atoms with van der Waals surface area (Å²) < 4.78 is 134. The molecular weight excluding hydrogens is 1070 g/mol. The Hall–Kier alpha value is -8.15. The highest BCUT2D eigenvalue weighted by Crippen LogP contribution is 2.35. The van der Waals surface area contributed by atoms with Crippen LogP contribution in [-0.2, 0) is 54.4 Å². The summed E-state index contributed by atoms with van der Waals surface area (Å²) in [7, 11) is 9.56. The number of hydrogen-bond donors (Lipinski definition) is 0. The normalized spacial score (nSPS) is 16.1. The fraction of sp³-hybridized carbons (Fsp3) is 0.337. The van der Waals surface area contributed by atoms with Gasteiger partial charge in [0.15, 0.2) is 31.0 Å². The quantitative estimate of drug-likeness (QED) is 0.122. The molecule has 0 amide bonds. The molecule has 0 spiro atoms. The Morgan fingerprint density at radius 2 is 0.739 bits per heavy atom. The van der Waals surface area contributed by atoms with E-state index in [1.165, 1.54) is 92.4 Å². The van der Waals surface area contributed by atoms with E-state index in [4.69, 9.17) is 21.9 Å². The molecule has 1 saturated carbocycles. The maximum absolute atomic E-state index is 8.30. The van der Waals surface area contributed by atoms with Crippen LogP contribution in [0, 0.1) is 62.2 Å². The molecule has 0 aliphatic heterocycles. The molecule has 5 aromatic carbocycles. The molecule has 1 fully saturated rings. The van der Waals surface area contributed by atoms with Crippen molar-refractivity contribution in [3.8, 4) is 56.3 Å². The van der Waals surface area contributed by atoms with Gasteiger partial charge in [-0.3, -0.25) is 0 Å². The Morgan fingerprint density at radius 1 is 0.398 bits per heavy atom. The summed E-state index contributed by atoms with van der Waals surface area (Å²) in [5.41, 5.74) is 21.6. The number of pyridine rings is 5. The minimum Gasteiger partial charge on any atom is -0.201 e. The zero-order chi connectivity index (χ0) is 77.6. The summed E-state index contributed by atoms with van der Waals surface area (Å²) in [5.74, 6) is -0.844. The molecule has 5 aromatic heterocycles. The SMILES string of the molecule is Cc1ccccc1-c1cc(C2CCCC2)cc[n+]1C.[2H]C([2H])(C)c1c[n+](C)c(-c2ccccc2C)cc1C.[2H]C([2H])([2H])C([2H])(C)c1c[n+](C)c(-c2ccccc2C)cc1C.[2H]C([2H])([2H])c1c[n+](C)c(-c2ccccc2C)cc1C([2H])([2H])C.[2H]C([2H])([2H])c1c[n+](C)c(-c2ccccc2C)cc1C([2H])([2H])C. The third-order valence-electron chi connectivity index (χ3n) is 16.8. The second-order valence-corrected chi connectivity index (χ2v) is 23.3. The highest BCUT2D eigenvalue weighted by molar-refractivity contribution is 5.65. The second kappa shape index (κ2) is 31.7. The third kappa shape index (κ3) is 16.9. The van der Waals surface area contributed by atoms with Crippen LogP contribution in [0.5, 0.6) is 0 Å². The molecule has 1 aliphatic carbocycles. The molecular formula is C83H104N5+5. The molecule has 1 atom stereocenters. The van der Waals surface area contributed by atoms with Crippen molar-refractivity contribution in [2.24, 2.45) is 35.2 Å². The summed E-state index contributed by atoms with van der Waals surface area (Å²) in [6, 6.07) is 52.6. The monoisotopic (exact) mass is 1190 g/mol. The average Bonchev–Trinajstić information content (AvgIpc) is 0.823. The van der Waals surface area contributed by atoms with Crippen molar-refractivity contribution in [1.29, 1.82) is 0 Å². The molecule has 88 heavy (non-hydrogen) atoms. The first-order valence-electron chi connectivity index (χ1n) is 38.6. The Morgan fingerprint density at radius 3 is 1.10 bits per heavy atom. The van der Waals surface area contributed by atoms with Gasteiger partial charge in [-0.1, -0.05) is 138 Å². The fourth-order valence-corrected chi connectivity index (χ4v) is 11.6. The Kier molecular flexibility index (Phi) is 17.2. The van der Waals surface area contributed by atoms with Gasteiger partial charge in [-0.2, -0.15) is 0 Å². The van der Waals surface area contributed by atoms with Gasteiger partial charge in [0.25, 0.3) is 0 Å². The molecule has 0 radical (unpaired) electrons. The van der Waals surface area contributed by atoms with E-state index in [-0.39, 0.29) is 22.3 Å². The van der Waals surface area contributed by atoms with Gasteiger partial charge in [0, 0.05) is 108 Å². The van der Waals surface area contributed by atoms with E-state index in [0.29, 0.717) is 5.56 Å². The zero-order valence-corrected chi connectivity index (χ0v) is 55.0. The maximum atomic E-state index is 8.30. The Bertz CT molecular complexity index is 4540. The first kappa shape index (κ1) is 47.9. The van der Waals surface area contributed by atoms with Crippen LogP contribution in [0.15, 0.2) is 189 Å². The summed E-state index contributed by atoms with van der Waals surface area (Å²) in [6.45, 7) is 12.9. The Balaban J connectivity index is 0.000000182. The van der Waals surface area contributed by atoms with Gasteiger partial charge >= 0.3 is 0 Å². The van der Waals surface area contributed by atoms with Crippen LogP contribution >= 0.6 is 0 Å². The first-order chi connectivity index (χ1) is 48.1. The van der Waals surface area contributed by atoms with E-state index in [0.717, 1.165) is 78.8 Å². The van der Waals surface area contributed by atoms with Crippen LogP contribution in [0.1, 0.15) is 172 Å². The van der Waals surface area contributed by atoms with Gasteiger partial charge < -0.3 is 0 Å². The van der Waals surface area contributed by atoms with Crippen molar-refractivity contribution < 1.29 is 44.8 Å². The lowest BCUT2D eigenvalue weighted by Crippen LogP contribution is -2.32. The molecule has 5 nitrogen and oxygen atoms in total. The number of benzene rings is 5. The van der Waals surface area contributed by atoms with Crippen molar-refractivity contribution in [3.63, 3.8) is 0 Å². The summed E-state index contributed by atoms with van der Waals surface area (Å²) in [6.07, 6.45) is 9.68. The lowest BCUT2D eigenvalue weighted by molar-refractivity contribution is -0.661. The molecule has 0 N–H and O–H groups in total. The van der Waals surface area contributed by atoms with Crippen molar-refractivity contribution in [2.45, 2.75) is 153 Å². The number of nitrogens with zero attached hydrogens (tertiary/aromatic N) is 5. The molecule has 5 heterocycles. The molecule has 0 saturated heterocycles. The van der Waals surface area contributed by atoms with Gasteiger partial charge in [0.05, 0.1) is 0 Å². The van der Waals surface area contributed by atoms with E-state index in [1.54, 1.807) is 48.5 Å². The predicted molar refractivity (Wildman–Crippen MR) is 371 cm³/mol. The summed E-state index contributed by atoms with van der Waals surface area (Å²) in [4.78, 5) is 0. The minimum atomic E-state index is -2.37. The van der Waals surface area contributed by atoms with E-state index >= 15 is 0 Å². The molecule has 11 rings (SSSR count). The van der Waals surface area contributed by atoms with E-state index in [2.05, 4.69) is 99.2 Å². The minimum absolute atomic E-state index is 0.0554. The topological polar surface area (TPSA) is 19.4 Å². The maximum Gasteiger partial charge on any atom is 0.212 e. The average molecular weight is 1190 g/mol. The molecule has 456 valence electrons. The van der Waals surface area contributed by atoms with Crippen molar-refractivity contribution in [1.82, 2.24) is 0 Å². The van der Waals surface area contributed by atoms with Crippen LogP contribution in [0.2, 0.25) is 0 Å². The van der Waals surface area contributed by atoms with Crippen LogP contribution in [0.25, 0.3) is 56.3 Å². The van der Waals surface area contributed by atoms with Gasteiger partial charge in [-0.15, -0.1) is 0 Å². The van der Waals surface area contributed by atoms with E-state index in [1.807, 2.05) is 142 Å². The number of rotatable bonds is 10. The standard InChI is InChI=1S/C18H22N.C17H22N.3C16H20N/c1-14-7-3-6-10-17(14)18-13-16(11-12-19(18)2)15-8-4-5-9-15;1-12(2)16-11-18(5)17(10-14(16)4)15-9-7-6-8-13(15)3;2*1-5-14-10-16(17(4)11-13(14)3)15-9-7-6-8-12(15)2;1-5-14-11-17(4)16(10-13(14)3)15-9-7-6-8-12(15)2/h3,6-7,10-13,15H,4-5,8-9H2,1-2H3;6-12H,1-5H3;3*6-11H,5H2,1-4H3/q5*+1/i;1D3,12D;2*3D3,5D2;5D2. The first-order valence-corrected chi connectivity index (χ1v) is 30.6. The zero-order valence-electron chi connectivity index (χ0n) is 71.0. The van der Waals surface area contributed by atoms with Crippen molar-refractivity contribution in [3.05, 3.63) is 267 Å². The van der Waals surface area contributed by atoms with Crippen LogP contribution in [0.3, 0.4) is 0 Å². The Labute approximate surface area is 554 Å². The highest BCUT2D eigenvalue weighted by atomic mass is 14.9. The largest absolute Gasteiger partial charge is 0.212 e. The molecule has 0 bridgehead atoms. The van der Waals surface area contributed by atoms with E-state index < -0.39 is 45.6 Å². The third-order valence-corrected chi connectivity index (χ3v) is 16.8. The summed E-state index contributed by atoms with van der Waals surface area (Å²) >= 11 is 0. The van der Waals surface area contributed by atoms with Crippen molar-refractivity contribution >= 4 is 0 Å². The second-order valence-electron chi connectivity index (χ2n) is 23.3. The fourth-order valence-electron chi connectivity index (χ4n) is 11.6. The van der Waals surface area contributed by atoms with Crippen LogP contribution in [0.4, 0.5) is 0 Å². The molecule has 5 heteroatoms.